The van der Waals surface area contributed by atoms with E-state index >= 15 is 0 Å². The molecule has 1 aliphatic heterocycles. The van der Waals surface area contributed by atoms with Crippen LogP contribution in [-0.2, 0) is 11.2 Å². The highest BCUT2D eigenvalue weighted by molar-refractivity contribution is 6.36. The lowest BCUT2D eigenvalue weighted by atomic mass is 9.96. The molecule has 3 rings (SSSR count). The Balaban J connectivity index is 1.60. The van der Waals surface area contributed by atoms with Crippen molar-refractivity contribution in [2.75, 3.05) is 13.1 Å². The molecule has 0 spiro atoms. The Labute approximate surface area is 144 Å². The summed E-state index contributed by atoms with van der Waals surface area (Å²) in [6.07, 6.45) is 1.87. The normalized spacial score (nSPS) is 15.9. The second-order valence-corrected chi connectivity index (χ2v) is 6.53. The number of amides is 1. The van der Waals surface area contributed by atoms with E-state index in [0.29, 0.717) is 40.4 Å². The van der Waals surface area contributed by atoms with Gasteiger partial charge in [-0.2, -0.15) is 4.98 Å². The zero-order valence-electron chi connectivity index (χ0n) is 12.8. The smallest absolute Gasteiger partial charge is 0.229 e. The molecule has 1 amide bonds. The first-order valence-corrected chi connectivity index (χ1v) is 8.31. The van der Waals surface area contributed by atoms with E-state index in [0.717, 1.165) is 12.8 Å². The number of rotatable bonds is 3. The molecule has 1 saturated heterocycles. The molecule has 5 nitrogen and oxygen atoms in total. The first-order valence-electron chi connectivity index (χ1n) is 7.55. The SMILES string of the molecule is Cc1noc(C2CCN(C(=O)Cc3c(Cl)cccc3Cl)CC2)n1. The number of benzene rings is 1. The second kappa shape index (κ2) is 6.89. The van der Waals surface area contributed by atoms with Crippen LogP contribution in [0.2, 0.25) is 10.0 Å². The summed E-state index contributed by atoms with van der Waals surface area (Å²) in [6.45, 7) is 3.15. The molecule has 1 fully saturated rings. The van der Waals surface area contributed by atoms with Crippen LogP contribution in [0.25, 0.3) is 0 Å². The Bertz CT molecular complexity index is 689. The number of hydrogen-bond donors (Lipinski definition) is 0. The highest BCUT2D eigenvalue weighted by Gasteiger charge is 2.27. The van der Waals surface area contributed by atoms with Crippen LogP contribution in [0.1, 0.15) is 36.0 Å². The predicted octanol–water partition coefficient (Wildman–Crippen LogP) is 3.63. The number of carbonyl (C=O) groups is 1. The molecule has 122 valence electrons. The number of aryl methyl sites for hydroxylation is 1. The highest BCUT2D eigenvalue weighted by atomic mass is 35.5. The van der Waals surface area contributed by atoms with Crippen molar-refractivity contribution in [1.29, 1.82) is 0 Å². The van der Waals surface area contributed by atoms with E-state index in [-0.39, 0.29) is 18.2 Å². The van der Waals surface area contributed by atoms with E-state index in [9.17, 15) is 4.79 Å². The molecule has 0 radical (unpaired) electrons. The highest BCUT2D eigenvalue weighted by Crippen LogP contribution is 2.29. The van der Waals surface area contributed by atoms with E-state index in [4.69, 9.17) is 27.7 Å². The fraction of sp³-hybridized carbons (Fsp3) is 0.438. The van der Waals surface area contributed by atoms with Crippen LogP contribution in [-0.4, -0.2) is 34.0 Å². The lowest BCUT2D eigenvalue weighted by molar-refractivity contribution is -0.131. The summed E-state index contributed by atoms with van der Waals surface area (Å²) in [4.78, 5) is 18.6. The van der Waals surface area contributed by atoms with Gasteiger partial charge >= 0.3 is 0 Å². The van der Waals surface area contributed by atoms with Crippen LogP contribution >= 0.6 is 23.2 Å². The zero-order chi connectivity index (χ0) is 16.4. The van der Waals surface area contributed by atoms with E-state index in [1.165, 1.54) is 0 Å². The fourth-order valence-electron chi connectivity index (χ4n) is 2.82. The Hall–Kier alpha value is -1.59. The maximum absolute atomic E-state index is 12.5. The molecule has 1 aromatic heterocycles. The lowest BCUT2D eigenvalue weighted by Crippen LogP contribution is -2.38. The predicted molar refractivity (Wildman–Crippen MR) is 87.8 cm³/mol. The van der Waals surface area contributed by atoms with Crippen molar-refractivity contribution < 1.29 is 9.32 Å². The summed E-state index contributed by atoms with van der Waals surface area (Å²) < 4.78 is 5.23. The van der Waals surface area contributed by atoms with Crippen molar-refractivity contribution in [2.24, 2.45) is 0 Å². The first-order chi connectivity index (χ1) is 11.0. The lowest BCUT2D eigenvalue weighted by Gasteiger charge is -2.30. The van der Waals surface area contributed by atoms with Crippen LogP contribution in [0.5, 0.6) is 0 Å². The van der Waals surface area contributed by atoms with Gasteiger partial charge in [0.1, 0.15) is 0 Å². The van der Waals surface area contributed by atoms with E-state index < -0.39 is 0 Å². The monoisotopic (exact) mass is 353 g/mol. The molecule has 0 aliphatic carbocycles. The molecule has 23 heavy (non-hydrogen) atoms. The van der Waals surface area contributed by atoms with Gasteiger partial charge in [-0.05, 0) is 37.5 Å². The summed E-state index contributed by atoms with van der Waals surface area (Å²) in [5, 5.41) is 4.88. The minimum Gasteiger partial charge on any atom is -0.342 e. The van der Waals surface area contributed by atoms with Crippen molar-refractivity contribution in [1.82, 2.24) is 15.0 Å². The summed E-state index contributed by atoms with van der Waals surface area (Å²) in [7, 11) is 0. The molecule has 0 bridgehead atoms. The average Bonchev–Trinajstić information content (AvgIpc) is 2.97. The molecule has 0 N–H and O–H groups in total. The van der Waals surface area contributed by atoms with Crippen LogP contribution in [0, 0.1) is 6.92 Å². The summed E-state index contributed by atoms with van der Waals surface area (Å²) in [5.41, 5.74) is 0.690. The summed E-state index contributed by atoms with van der Waals surface area (Å²) in [5.74, 6) is 1.58. The van der Waals surface area contributed by atoms with Crippen molar-refractivity contribution >= 4 is 29.1 Å². The number of halogens is 2. The minimum absolute atomic E-state index is 0.0418. The quantitative estimate of drug-likeness (QED) is 0.845. The molecular formula is C16H17Cl2N3O2. The largest absolute Gasteiger partial charge is 0.342 e. The second-order valence-electron chi connectivity index (χ2n) is 5.71. The van der Waals surface area contributed by atoms with E-state index in [2.05, 4.69) is 10.1 Å². The number of piperidine rings is 1. The Kier molecular flexibility index (Phi) is 4.87. The van der Waals surface area contributed by atoms with Crippen molar-refractivity contribution in [3.8, 4) is 0 Å². The van der Waals surface area contributed by atoms with E-state index in [1.54, 1.807) is 25.1 Å². The van der Waals surface area contributed by atoms with Gasteiger partial charge in [0, 0.05) is 29.1 Å². The van der Waals surface area contributed by atoms with Crippen molar-refractivity contribution in [2.45, 2.75) is 32.1 Å². The van der Waals surface area contributed by atoms with Gasteiger partial charge in [-0.25, -0.2) is 0 Å². The molecule has 2 aromatic rings. The maximum atomic E-state index is 12.5. The van der Waals surface area contributed by atoms with Gasteiger partial charge in [0.05, 0.1) is 6.42 Å². The fourth-order valence-corrected chi connectivity index (χ4v) is 3.35. The van der Waals surface area contributed by atoms with Crippen LogP contribution < -0.4 is 0 Å². The first kappa shape index (κ1) is 16.3. The van der Waals surface area contributed by atoms with Gasteiger partial charge in [-0.15, -0.1) is 0 Å². The number of aromatic nitrogens is 2. The molecule has 0 saturated carbocycles. The molecule has 1 aliphatic rings. The third-order valence-electron chi connectivity index (χ3n) is 4.13. The van der Waals surface area contributed by atoms with Gasteiger partial charge in [0.2, 0.25) is 11.8 Å². The van der Waals surface area contributed by atoms with Crippen molar-refractivity contribution in [3.63, 3.8) is 0 Å². The number of nitrogens with zero attached hydrogens (tertiary/aromatic N) is 3. The number of carbonyl (C=O) groups excluding carboxylic acids is 1. The van der Waals surface area contributed by atoms with E-state index in [1.807, 2.05) is 4.90 Å². The number of likely N-dealkylation sites (tertiary alicyclic amines) is 1. The van der Waals surface area contributed by atoms with Gasteiger partial charge in [0.15, 0.2) is 5.82 Å². The zero-order valence-corrected chi connectivity index (χ0v) is 14.3. The molecule has 0 atom stereocenters. The Morgan fingerprint density at radius 2 is 1.96 bits per heavy atom. The standard InChI is InChI=1S/C16H17Cl2N3O2/c1-10-19-16(23-20-10)11-5-7-21(8-6-11)15(22)9-12-13(17)3-2-4-14(12)18/h2-4,11H,5-9H2,1H3. The van der Waals surface area contributed by atoms with Crippen LogP contribution in [0.15, 0.2) is 22.7 Å². The van der Waals surface area contributed by atoms with Crippen molar-refractivity contribution in [3.05, 3.63) is 45.5 Å². The molecule has 1 aromatic carbocycles. The average molecular weight is 354 g/mol. The summed E-state index contributed by atoms with van der Waals surface area (Å²) >= 11 is 12.3. The Morgan fingerprint density at radius 1 is 1.30 bits per heavy atom. The third-order valence-corrected chi connectivity index (χ3v) is 4.84. The van der Waals surface area contributed by atoms with Gasteiger partial charge in [0.25, 0.3) is 0 Å². The topological polar surface area (TPSA) is 59.2 Å². The summed E-state index contributed by atoms with van der Waals surface area (Å²) in [6, 6.07) is 5.27. The molecular weight excluding hydrogens is 337 g/mol. The molecule has 7 heteroatoms. The van der Waals surface area contributed by atoms with Gasteiger partial charge in [-0.1, -0.05) is 34.4 Å². The van der Waals surface area contributed by atoms with Gasteiger partial charge in [-0.3, -0.25) is 4.79 Å². The molecule has 2 heterocycles. The number of hydrogen-bond acceptors (Lipinski definition) is 4. The third kappa shape index (κ3) is 3.67. The molecule has 0 unspecified atom stereocenters. The van der Waals surface area contributed by atoms with Gasteiger partial charge < -0.3 is 9.42 Å². The maximum Gasteiger partial charge on any atom is 0.229 e. The van der Waals surface area contributed by atoms with Crippen LogP contribution in [0.3, 0.4) is 0 Å². The Morgan fingerprint density at radius 3 is 2.52 bits per heavy atom. The minimum atomic E-state index is 0.0418. The van der Waals surface area contributed by atoms with Crippen LogP contribution in [0.4, 0.5) is 0 Å².